The van der Waals surface area contributed by atoms with Crippen molar-refractivity contribution < 1.29 is 4.79 Å². The summed E-state index contributed by atoms with van der Waals surface area (Å²) in [7, 11) is 0. The summed E-state index contributed by atoms with van der Waals surface area (Å²) in [5.74, 6) is 0.0220. The molecule has 1 heterocycles. The standard InChI is InChI=1S/C10H15BrN2OS/c1-7(2)13(5-4-11)10(14)9-6-15-8(3)12-9/h6-7H,4-5H2,1-3H3. The number of hydrogen-bond donors (Lipinski definition) is 0. The van der Waals surface area contributed by atoms with Crippen molar-refractivity contribution in [3.63, 3.8) is 0 Å². The number of amides is 1. The van der Waals surface area contributed by atoms with E-state index in [0.717, 1.165) is 10.3 Å². The molecule has 0 spiro atoms. The topological polar surface area (TPSA) is 33.2 Å². The lowest BCUT2D eigenvalue weighted by Crippen LogP contribution is -2.38. The first-order valence-electron chi connectivity index (χ1n) is 4.85. The van der Waals surface area contributed by atoms with Gasteiger partial charge in [0.25, 0.3) is 5.91 Å². The smallest absolute Gasteiger partial charge is 0.273 e. The second-order valence-corrected chi connectivity index (χ2v) is 5.39. The van der Waals surface area contributed by atoms with Gasteiger partial charge in [-0.1, -0.05) is 15.9 Å². The van der Waals surface area contributed by atoms with Crippen LogP contribution in [0.5, 0.6) is 0 Å². The Bertz CT molecular complexity index is 338. The molecule has 15 heavy (non-hydrogen) atoms. The Morgan fingerprint density at radius 2 is 2.33 bits per heavy atom. The number of alkyl halides is 1. The van der Waals surface area contributed by atoms with Crippen molar-refractivity contribution in [1.29, 1.82) is 0 Å². The minimum atomic E-state index is 0.0220. The molecule has 0 bridgehead atoms. The second-order valence-electron chi connectivity index (χ2n) is 3.53. The largest absolute Gasteiger partial charge is 0.334 e. The highest BCUT2D eigenvalue weighted by atomic mass is 79.9. The Kier molecular flexibility index (Phi) is 4.73. The first-order chi connectivity index (χ1) is 7.06. The monoisotopic (exact) mass is 290 g/mol. The van der Waals surface area contributed by atoms with Crippen molar-refractivity contribution in [1.82, 2.24) is 9.88 Å². The van der Waals surface area contributed by atoms with Gasteiger partial charge >= 0.3 is 0 Å². The van der Waals surface area contributed by atoms with E-state index in [4.69, 9.17) is 0 Å². The van der Waals surface area contributed by atoms with Crippen LogP contribution in [-0.2, 0) is 0 Å². The van der Waals surface area contributed by atoms with Crippen LogP contribution in [0.2, 0.25) is 0 Å². The number of aromatic nitrogens is 1. The van der Waals surface area contributed by atoms with E-state index in [9.17, 15) is 4.79 Å². The summed E-state index contributed by atoms with van der Waals surface area (Å²) in [4.78, 5) is 18.1. The lowest BCUT2D eigenvalue weighted by atomic mass is 10.3. The predicted molar refractivity (Wildman–Crippen MR) is 66.8 cm³/mol. The van der Waals surface area contributed by atoms with E-state index in [1.807, 2.05) is 31.1 Å². The third-order valence-electron chi connectivity index (χ3n) is 2.05. The Morgan fingerprint density at radius 3 is 2.73 bits per heavy atom. The van der Waals surface area contributed by atoms with Gasteiger partial charge in [0.2, 0.25) is 0 Å². The normalized spacial score (nSPS) is 10.7. The molecule has 0 N–H and O–H groups in total. The molecule has 0 fully saturated rings. The third-order valence-corrected chi connectivity index (χ3v) is 3.18. The number of nitrogens with zero attached hydrogens (tertiary/aromatic N) is 2. The summed E-state index contributed by atoms with van der Waals surface area (Å²) >= 11 is 4.86. The van der Waals surface area contributed by atoms with Crippen LogP contribution in [0.3, 0.4) is 0 Å². The molecule has 1 aromatic heterocycles. The van der Waals surface area contributed by atoms with E-state index in [-0.39, 0.29) is 11.9 Å². The molecule has 0 saturated carbocycles. The summed E-state index contributed by atoms with van der Waals surface area (Å²) in [5, 5.41) is 3.54. The zero-order valence-corrected chi connectivity index (χ0v) is 11.6. The highest BCUT2D eigenvalue weighted by molar-refractivity contribution is 9.09. The number of aryl methyl sites for hydroxylation is 1. The van der Waals surface area contributed by atoms with Crippen LogP contribution in [-0.4, -0.2) is 33.7 Å². The van der Waals surface area contributed by atoms with E-state index < -0.39 is 0 Å². The van der Waals surface area contributed by atoms with Crippen LogP contribution in [0.1, 0.15) is 29.3 Å². The molecule has 5 heteroatoms. The zero-order valence-electron chi connectivity index (χ0n) is 9.16. The van der Waals surface area contributed by atoms with E-state index in [1.54, 1.807) is 0 Å². The molecule has 0 aromatic carbocycles. The van der Waals surface area contributed by atoms with E-state index in [2.05, 4.69) is 20.9 Å². The number of hydrogen-bond acceptors (Lipinski definition) is 3. The van der Waals surface area contributed by atoms with Crippen molar-refractivity contribution in [3.05, 3.63) is 16.1 Å². The quantitative estimate of drug-likeness (QED) is 0.799. The van der Waals surface area contributed by atoms with Crippen LogP contribution in [0, 0.1) is 6.92 Å². The Balaban J connectivity index is 2.80. The molecule has 1 amide bonds. The van der Waals surface area contributed by atoms with Gasteiger partial charge in [-0.05, 0) is 20.8 Å². The van der Waals surface area contributed by atoms with Crippen molar-refractivity contribution in [2.75, 3.05) is 11.9 Å². The minimum absolute atomic E-state index is 0.0220. The number of carbonyl (C=O) groups excluding carboxylic acids is 1. The van der Waals surface area contributed by atoms with Crippen molar-refractivity contribution in [3.8, 4) is 0 Å². The van der Waals surface area contributed by atoms with Crippen LogP contribution >= 0.6 is 27.3 Å². The molecule has 84 valence electrons. The summed E-state index contributed by atoms with van der Waals surface area (Å²) in [5.41, 5.74) is 0.562. The summed E-state index contributed by atoms with van der Waals surface area (Å²) in [6.07, 6.45) is 0. The van der Waals surface area contributed by atoms with Crippen molar-refractivity contribution in [2.24, 2.45) is 0 Å². The Labute approximate surface area is 103 Å². The fourth-order valence-corrected chi connectivity index (χ4v) is 2.26. The second kappa shape index (κ2) is 5.61. The van der Waals surface area contributed by atoms with Gasteiger partial charge in [-0.15, -0.1) is 11.3 Å². The number of carbonyl (C=O) groups is 1. The van der Waals surface area contributed by atoms with Gasteiger partial charge in [0, 0.05) is 23.3 Å². The molecule has 0 aliphatic carbocycles. The molecule has 0 aliphatic heterocycles. The fourth-order valence-electron chi connectivity index (χ4n) is 1.29. The number of thiazole rings is 1. The lowest BCUT2D eigenvalue weighted by molar-refractivity contribution is 0.0714. The first kappa shape index (κ1) is 12.6. The zero-order chi connectivity index (χ0) is 11.4. The fraction of sp³-hybridized carbons (Fsp3) is 0.600. The van der Waals surface area contributed by atoms with Crippen LogP contribution < -0.4 is 0 Å². The van der Waals surface area contributed by atoms with Gasteiger partial charge in [-0.25, -0.2) is 4.98 Å². The molecule has 0 aliphatic rings. The van der Waals surface area contributed by atoms with Crippen LogP contribution in [0.25, 0.3) is 0 Å². The molecular weight excluding hydrogens is 276 g/mol. The predicted octanol–water partition coefficient (Wildman–Crippen LogP) is 2.70. The molecule has 0 atom stereocenters. The molecule has 0 saturated heterocycles. The van der Waals surface area contributed by atoms with Gasteiger partial charge < -0.3 is 4.90 Å². The highest BCUT2D eigenvalue weighted by Gasteiger charge is 2.19. The van der Waals surface area contributed by atoms with Crippen LogP contribution in [0.4, 0.5) is 0 Å². The van der Waals surface area contributed by atoms with Gasteiger partial charge in [0.15, 0.2) is 0 Å². The van der Waals surface area contributed by atoms with Crippen molar-refractivity contribution in [2.45, 2.75) is 26.8 Å². The number of rotatable bonds is 4. The maximum absolute atomic E-state index is 12.0. The Hall–Kier alpha value is -0.420. The maximum Gasteiger partial charge on any atom is 0.273 e. The number of halogens is 1. The van der Waals surface area contributed by atoms with Crippen LogP contribution in [0.15, 0.2) is 5.38 Å². The summed E-state index contributed by atoms with van der Waals surface area (Å²) in [6.45, 7) is 6.65. The molecule has 0 unspecified atom stereocenters. The summed E-state index contributed by atoms with van der Waals surface area (Å²) < 4.78 is 0. The summed E-state index contributed by atoms with van der Waals surface area (Å²) in [6, 6.07) is 0.206. The SMILES string of the molecule is Cc1nc(C(=O)N(CCBr)C(C)C)cs1. The molecule has 1 rings (SSSR count). The Morgan fingerprint density at radius 1 is 1.67 bits per heavy atom. The van der Waals surface area contributed by atoms with Gasteiger partial charge in [0.05, 0.1) is 5.01 Å². The third kappa shape index (κ3) is 3.28. The minimum Gasteiger partial charge on any atom is -0.334 e. The molecular formula is C10H15BrN2OS. The van der Waals surface area contributed by atoms with E-state index in [0.29, 0.717) is 12.2 Å². The van der Waals surface area contributed by atoms with Crippen molar-refractivity contribution >= 4 is 33.2 Å². The molecule has 1 aromatic rings. The average molecular weight is 291 g/mol. The van der Waals surface area contributed by atoms with Gasteiger partial charge in [0.1, 0.15) is 5.69 Å². The first-order valence-corrected chi connectivity index (χ1v) is 6.85. The average Bonchev–Trinajstić information content (AvgIpc) is 2.59. The van der Waals surface area contributed by atoms with E-state index in [1.165, 1.54) is 11.3 Å². The van der Waals surface area contributed by atoms with E-state index >= 15 is 0 Å². The van der Waals surface area contributed by atoms with Gasteiger partial charge in [-0.2, -0.15) is 0 Å². The molecule has 0 radical (unpaired) electrons. The highest BCUT2D eigenvalue weighted by Crippen LogP contribution is 2.12. The lowest BCUT2D eigenvalue weighted by Gasteiger charge is -2.24. The van der Waals surface area contributed by atoms with Gasteiger partial charge in [-0.3, -0.25) is 4.79 Å². The maximum atomic E-state index is 12.0. The molecule has 3 nitrogen and oxygen atoms in total.